The lowest BCUT2D eigenvalue weighted by Gasteiger charge is -2.27. The molecule has 0 aliphatic heterocycles. The van der Waals surface area contributed by atoms with Crippen molar-refractivity contribution in [1.82, 2.24) is 10.1 Å². The maximum absolute atomic E-state index is 13.2. The molecule has 0 radical (unpaired) electrons. The lowest BCUT2D eigenvalue weighted by atomic mass is 9.76. The second kappa shape index (κ2) is 5.63. The van der Waals surface area contributed by atoms with Crippen LogP contribution in [0.1, 0.15) is 26.7 Å². The van der Waals surface area contributed by atoms with Gasteiger partial charge in [0, 0.05) is 12.0 Å². The van der Waals surface area contributed by atoms with E-state index in [2.05, 4.69) is 10.1 Å². The zero-order valence-electron chi connectivity index (χ0n) is 12.1. The summed E-state index contributed by atoms with van der Waals surface area (Å²) in [5.74, 6) is -0.923. The van der Waals surface area contributed by atoms with Crippen LogP contribution >= 0.6 is 0 Å². The molecule has 112 valence electrons. The van der Waals surface area contributed by atoms with Crippen LogP contribution in [-0.2, 0) is 11.2 Å². The van der Waals surface area contributed by atoms with Gasteiger partial charge in [0.25, 0.3) is 0 Å². The van der Waals surface area contributed by atoms with E-state index >= 15 is 0 Å². The van der Waals surface area contributed by atoms with Crippen molar-refractivity contribution in [2.75, 3.05) is 0 Å². The molecule has 1 atom stereocenters. The van der Waals surface area contributed by atoms with Crippen LogP contribution in [0.25, 0.3) is 11.4 Å². The lowest BCUT2D eigenvalue weighted by molar-refractivity contribution is -0.150. The van der Waals surface area contributed by atoms with Gasteiger partial charge < -0.3 is 9.63 Å². The van der Waals surface area contributed by atoms with Gasteiger partial charge in [0.1, 0.15) is 5.82 Å². The molecule has 0 saturated carbocycles. The van der Waals surface area contributed by atoms with Gasteiger partial charge in [-0.1, -0.05) is 31.1 Å². The van der Waals surface area contributed by atoms with E-state index in [1.807, 2.05) is 13.8 Å². The van der Waals surface area contributed by atoms with E-state index in [1.54, 1.807) is 19.1 Å². The van der Waals surface area contributed by atoms with Crippen LogP contribution in [0.4, 0.5) is 4.39 Å². The van der Waals surface area contributed by atoms with Crippen LogP contribution in [0, 0.1) is 17.2 Å². The third-order valence-corrected chi connectivity index (χ3v) is 3.83. The van der Waals surface area contributed by atoms with Crippen LogP contribution in [-0.4, -0.2) is 21.2 Å². The fourth-order valence-corrected chi connectivity index (χ4v) is 1.91. The number of halogens is 1. The van der Waals surface area contributed by atoms with Gasteiger partial charge >= 0.3 is 5.97 Å². The quantitative estimate of drug-likeness (QED) is 0.916. The zero-order chi connectivity index (χ0) is 15.6. The van der Waals surface area contributed by atoms with Gasteiger partial charge in [-0.25, -0.2) is 4.39 Å². The van der Waals surface area contributed by atoms with E-state index in [1.165, 1.54) is 12.1 Å². The summed E-state index contributed by atoms with van der Waals surface area (Å²) in [7, 11) is 0. The predicted octanol–water partition coefficient (Wildman–Crippen LogP) is 3.17. The molecule has 0 saturated heterocycles. The lowest BCUT2D eigenvalue weighted by Crippen LogP contribution is -2.35. The molecular weight excluding hydrogens is 275 g/mol. The van der Waals surface area contributed by atoms with Gasteiger partial charge in [-0.15, -0.1) is 0 Å². The van der Waals surface area contributed by atoms with Crippen LogP contribution in [0.15, 0.2) is 28.8 Å². The number of carboxylic acids is 1. The standard InChI is InChI=1S/C15H17FN2O3/c1-9(2)15(3,14(19)20)8-12-17-13(18-21-12)10-5-4-6-11(16)7-10/h4-7,9H,8H2,1-3H3,(H,19,20). The Bertz CT molecular complexity index is 654. The molecule has 1 heterocycles. The van der Waals surface area contributed by atoms with Crippen molar-refractivity contribution in [2.45, 2.75) is 27.2 Å². The summed E-state index contributed by atoms with van der Waals surface area (Å²) in [4.78, 5) is 15.6. The van der Waals surface area contributed by atoms with Crippen LogP contribution < -0.4 is 0 Å². The average molecular weight is 292 g/mol. The molecule has 0 fully saturated rings. The van der Waals surface area contributed by atoms with E-state index in [0.717, 1.165) is 0 Å². The maximum atomic E-state index is 13.2. The minimum Gasteiger partial charge on any atom is -0.481 e. The van der Waals surface area contributed by atoms with E-state index in [9.17, 15) is 14.3 Å². The summed E-state index contributed by atoms with van der Waals surface area (Å²) >= 11 is 0. The Hall–Kier alpha value is -2.24. The largest absolute Gasteiger partial charge is 0.481 e. The number of hydrogen-bond acceptors (Lipinski definition) is 4. The molecule has 1 unspecified atom stereocenters. The minimum atomic E-state index is -0.994. The van der Waals surface area contributed by atoms with Gasteiger partial charge in [-0.3, -0.25) is 4.79 Å². The normalized spacial score (nSPS) is 14.1. The molecule has 0 aliphatic carbocycles. The van der Waals surface area contributed by atoms with Crippen molar-refractivity contribution in [3.05, 3.63) is 36.0 Å². The fourth-order valence-electron chi connectivity index (χ4n) is 1.91. The van der Waals surface area contributed by atoms with Crippen LogP contribution in [0.5, 0.6) is 0 Å². The molecule has 0 bridgehead atoms. The highest BCUT2D eigenvalue weighted by Crippen LogP contribution is 2.31. The first kappa shape index (κ1) is 15.2. The predicted molar refractivity (Wildman–Crippen MR) is 74.0 cm³/mol. The van der Waals surface area contributed by atoms with Crippen molar-refractivity contribution in [2.24, 2.45) is 11.3 Å². The Morgan fingerprint density at radius 1 is 1.48 bits per heavy atom. The van der Waals surface area contributed by atoms with Crippen molar-refractivity contribution in [3.63, 3.8) is 0 Å². The Morgan fingerprint density at radius 2 is 2.19 bits per heavy atom. The van der Waals surface area contributed by atoms with E-state index in [-0.39, 0.29) is 24.1 Å². The Morgan fingerprint density at radius 3 is 2.76 bits per heavy atom. The molecule has 1 N–H and O–H groups in total. The van der Waals surface area contributed by atoms with E-state index in [4.69, 9.17) is 4.52 Å². The highest BCUT2D eigenvalue weighted by Gasteiger charge is 2.38. The Balaban J connectivity index is 2.26. The monoisotopic (exact) mass is 292 g/mol. The topological polar surface area (TPSA) is 76.2 Å². The van der Waals surface area contributed by atoms with E-state index in [0.29, 0.717) is 5.56 Å². The van der Waals surface area contributed by atoms with Crippen molar-refractivity contribution in [3.8, 4) is 11.4 Å². The smallest absolute Gasteiger partial charge is 0.310 e. The number of rotatable bonds is 5. The third kappa shape index (κ3) is 3.09. The molecule has 6 heteroatoms. The molecule has 0 spiro atoms. The summed E-state index contributed by atoms with van der Waals surface area (Å²) in [6.07, 6.45) is 0.127. The molecule has 2 aromatic rings. The van der Waals surface area contributed by atoms with Gasteiger partial charge in [0.05, 0.1) is 5.41 Å². The molecule has 21 heavy (non-hydrogen) atoms. The number of benzene rings is 1. The molecule has 2 rings (SSSR count). The number of nitrogens with zero attached hydrogens (tertiary/aromatic N) is 2. The van der Waals surface area contributed by atoms with Crippen molar-refractivity contribution >= 4 is 5.97 Å². The van der Waals surface area contributed by atoms with Crippen molar-refractivity contribution < 1.29 is 18.8 Å². The van der Waals surface area contributed by atoms with E-state index < -0.39 is 17.2 Å². The average Bonchev–Trinajstić information content (AvgIpc) is 2.86. The zero-order valence-corrected chi connectivity index (χ0v) is 12.1. The number of aromatic nitrogens is 2. The van der Waals surface area contributed by atoms with Gasteiger partial charge in [-0.2, -0.15) is 4.98 Å². The number of aliphatic carboxylic acids is 1. The first-order valence-corrected chi connectivity index (χ1v) is 6.65. The third-order valence-electron chi connectivity index (χ3n) is 3.83. The first-order chi connectivity index (χ1) is 9.83. The minimum absolute atomic E-state index is 0.0977. The highest BCUT2D eigenvalue weighted by atomic mass is 19.1. The second-order valence-electron chi connectivity index (χ2n) is 5.58. The fraction of sp³-hybridized carbons (Fsp3) is 0.400. The Labute approximate surface area is 121 Å². The number of hydrogen-bond donors (Lipinski definition) is 1. The SMILES string of the molecule is CC(C)C(C)(Cc1nc(-c2cccc(F)c2)no1)C(=O)O. The molecule has 1 aromatic carbocycles. The van der Waals surface area contributed by atoms with Crippen molar-refractivity contribution in [1.29, 1.82) is 0 Å². The van der Waals surface area contributed by atoms with Gasteiger partial charge in [0.2, 0.25) is 11.7 Å². The number of carboxylic acid groups (broad SMARTS) is 1. The molecule has 0 aliphatic rings. The first-order valence-electron chi connectivity index (χ1n) is 6.65. The molecule has 1 aromatic heterocycles. The second-order valence-corrected chi connectivity index (χ2v) is 5.58. The summed E-state index contributed by atoms with van der Waals surface area (Å²) < 4.78 is 18.3. The number of carbonyl (C=O) groups is 1. The molecule has 0 amide bonds. The molecular formula is C15H17FN2O3. The van der Waals surface area contributed by atoms with Crippen LogP contribution in [0.3, 0.4) is 0 Å². The van der Waals surface area contributed by atoms with Crippen LogP contribution in [0.2, 0.25) is 0 Å². The van der Waals surface area contributed by atoms with Gasteiger partial charge in [0.15, 0.2) is 0 Å². The maximum Gasteiger partial charge on any atom is 0.310 e. The van der Waals surface area contributed by atoms with Gasteiger partial charge in [-0.05, 0) is 25.0 Å². The molecule has 5 nitrogen and oxygen atoms in total. The summed E-state index contributed by atoms with van der Waals surface area (Å²) in [5.41, 5.74) is -0.502. The summed E-state index contributed by atoms with van der Waals surface area (Å²) in [5, 5.41) is 13.2. The summed E-state index contributed by atoms with van der Waals surface area (Å²) in [6.45, 7) is 5.31. The summed E-state index contributed by atoms with van der Waals surface area (Å²) in [6, 6.07) is 5.84. The Kier molecular flexibility index (Phi) is 4.06. The highest BCUT2D eigenvalue weighted by molar-refractivity contribution is 5.74.